The molecule has 0 saturated carbocycles. The second-order valence-corrected chi connectivity index (χ2v) is 6.43. The maximum Gasteiger partial charge on any atom is 0.220 e. The molecule has 4 nitrogen and oxygen atoms in total. The molecule has 1 aliphatic heterocycles. The van der Waals surface area contributed by atoms with Gasteiger partial charge in [-0.25, -0.2) is 0 Å². The van der Waals surface area contributed by atoms with Crippen molar-refractivity contribution in [3.63, 3.8) is 0 Å². The number of amides is 1. The Labute approximate surface area is 143 Å². The minimum atomic E-state index is -0.138. The Morgan fingerprint density at radius 1 is 1.12 bits per heavy atom. The number of hydrogen-bond donors (Lipinski definition) is 2. The van der Waals surface area contributed by atoms with Crippen LogP contribution in [-0.4, -0.2) is 24.0 Å². The molecule has 1 saturated heterocycles. The highest BCUT2D eigenvalue weighted by atomic mass is 16.1. The van der Waals surface area contributed by atoms with Gasteiger partial charge in [0.2, 0.25) is 5.91 Å². The molecule has 2 heterocycles. The zero-order valence-electron chi connectivity index (χ0n) is 13.9. The van der Waals surface area contributed by atoms with Crippen molar-refractivity contribution in [3.05, 3.63) is 66.0 Å². The molecule has 3 rings (SSSR count). The fourth-order valence-corrected chi connectivity index (χ4v) is 3.29. The predicted octanol–water partition coefficient (Wildman–Crippen LogP) is 3.07. The van der Waals surface area contributed by atoms with Gasteiger partial charge in [0.05, 0.1) is 6.04 Å². The fraction of sp³-hybridized carbons (Fsp3) is 0.400. The first-order chi connectivity index (χ1) is 11.8. The summed E-state index contributed by atoms with van der Waals surface area (Å²) in [7, 11) is 0. The zero-order valence-corrected chi connectivity index (χ0v) is 13.9. The van der Waals surface area contributed by atoms with Gasteiger partial charge in [0.15, 0.2) is 0 Å². The number of rotatable bonds is 6. The highest BCUT2D eigenvalue weighted by Crippen LogP contribution is 2.22. The average molecular weight is 323 g/mol. The molecular formula is C20H25N3O. The number of piperidine rings is 1. The average Bonchev–Trinajstić information content (AvgIpc) is 2.67. The van der Waals surface area contributed by atoms with Crippen LogP contribution in [0.4, 0.5) is 0 Å². The maximum atomic E-state index is 12.5. The molecular weight excluding hydrogens is 298 g/mol. The van der Waals surface area contributed by atoms with Gasteiger partial charge in [-0.3, -0.25) is 9.78 Å². The molecule has 1 fully saturated rings. The first-order valence-corrected chi connectivity index (χ1v) is 8.78. The first kappa shape index (κ1) is 16.7. The van der Waals surface area contributed by atoms with Crippen LogP contribution < -0.4 is 10.6 Å². The molecule has 1 aromatic heterocycles. The van der Waals surface area contributed by atoms with E-state index in [4.69, 9.17) is 0 Å². The largest absolute Gasteiger partial charge is 0.345 e. The van der Waals surface area contributed by atoms with Gasteiger partial charge in [0.25, 0.3) is 0 Å². The number of benzene rings is 1. The van der Waals surface area contributed by atoms with E-state index in [2.05, 4.69) is 15.6 Å². The Morgan fingerprint density at radius 3 is 2.58 bits per heavy atom. The van der Waals surface area contributed by atoms with Crippen molar-refractivity contribution in [1.29, 1.82) is 0 Å². The molecule has 0 radical (unpaired) electrons. The lowest BCUT2D eigenvalue weighted by atomic mass is 9.93. The van der Waals surface area contributed by atoms with Crippen LogP contribution in [0.5, 0.6) is 0 Å². The summed E-state index contributed by atoms with van der Waals surface area (Å²) in [4.78, 5) is 16.7. The SMILES string of the molecule is O=C(CCC1CCNCC1)NC(c1ccccc1)c1cccnc1. The third-order valence-electron chi connectivity index (χ3n) is 4.69. The molecule has 1 aliphatic rings. The van der Waals surface area contributed by atoms with Crippen molar-refractivity contribution in [3.8, 4) is 0 Å². The van der Waals surface area contributed by atoms with Gasteiger partial charge in [-0.1, -0.05) is 36.4 Å². The van der Waals surface area contributed by atoms with Gasteiger partial charge < -0.3 is 10.6 Å². The Bertz CT molecular complexity index is 584. The van der Waals surface area contributed by atoms with Crippen molar-refractivity contribution >= 4 is 5.91 Å². The quantitative estimate of drug-likeness (QED) is 0.859. The molecule has 0 spiro atoms. The van der Waals surface area contributed by atoms with E-state index in [-0.39, 0.29) is 11.9 Å². The lowest BCUT2D eigenvalue weighted by molar-refractivity contribution is -0.121. The minimum absolute atomic E-state index is 0.117. The predicted molar refractivity (Wildman–Crippen MR) is 95.5 cm³/mol. The number of carbonyl (C=O) groups is 1. The summed E-state index contributed by atoms with van der Waals surface area (Å²) in [5, 5.41) is 6.56. The van der Waals surface area contributed by atoms with Gasteiger partial charge in [-0.15, -0.1) is 0 Å². The highest BCUT2D eigenvalue weighted by molar-refractivity contribution is 5.77. The first-order valence-electron chi connectivity index (χ1n) is 8.78. The fourth-order valence-electron chi connectivity index (χ4n) is 3.29. The smallest absolute Gasteiger partial charge is 0.220 e. The van der Waals surface area contributed by atoms with Gasteiger partial charge in [0.1, 0.15) is 0 Å². The van der Waals surface area contributed by atoms with E-state index in [0.29, 0.717) is 12.3 Å². The topological polar surface area (TPSA) is 54.0 Å². The second-order valence-electron chi connectivity index (χ2n) is 6.43. The molecule has 24 heavy (non-hydrogen) atoms. The number of carbonyl (C=O) groups excluding carboxylic acids is 1. The van der Waals surface area contributed by atoms with Crippen LogP contribution >= 0.6 is 0 Å². The molecule has 0 bridgehead atoms. The molecule has 126 valence electrons. The lowest BCUT2D eigenvalue weighted by Gasteiger charge is -2.23. The number of nitrogens with zero attached hydrogens (tertiary/aromatic N) is 1. The Morgan fingerprint density at radius 2 is 1.88 bits per heavy atom. The van der Waals surface area contributed by atoms with E-state index in [1.54, 1.807) is 6.20 Å². The van der Waals surface area contributed by atoms with Crippen molar-refractivity contribution in [2.24, 2.45) is 5.92 Å². The summed E-state index contributed by atoms with van der Waals surface area (Å²) < 4.78 is 0. The summed E-state index contributed by atoms with van der Waals surface area (Å²) >= 11 is 0. The Kier molecular flexibility index (Phi) is 5.96. The van der Waals surface area contributed by atoms with Crippen molar-refractivity contribution in [2.75, 3.05) is 13.1 Å². The van der Waals surface area contributed by atoms with E-state index in [9.17, 15) is 4.79 Å². The van der Waals surface area contributed by atoms with Crippen molar-refractivity contribution in [2.45, 2.75) is 31.7 Å². The minimum Gasteiger partial charge on any atom is -0.345 e. The molecule has 2 N–H and O–H groups in total. The van der Waals surface area contributed by atoms with Crippen LogP contribution in [0.15, 0.2) is 54.9 Å². The molecule has 0 aliphatic carbocycles. The summed E-state index contributed by atoms with van der Waals surface area (Å²) in [5.41, 5.74) is 2.10. The Balaban J connectivity index is 1.64. The second kappa shape index (κ2) is 8.60. The van der Waals surface area contributed by atoms with E-state index < -0.39 is 0 Å². The zero-order chi connectivity index (χ0) is 16.6. The maximum absolute atomic E-state index is 12.5. The van der Waals surface area contributed by atoms with Crippen LogP contribution in [0, 0.1) is 5.92 Å². The van der Waals surface area contributed by atoms with Crippen LogP contribution in [0.2, 0.25) is 0 Å². The number of hydrogen-bond acceptors (Lipinski definition) is 3. The third kappa shape index (κ3) is 4.65. The van der Waals surface area contributed by atoms with E-state index >= 15 is 0 Å². The Hall–Kier alpha value is -2.20. The van der Waals surface area contributed by atoms with Crippen LogP contribution in [-0.2, 0) is 4.79 Å². The molecule has 1 unspecified atom stereocenters. The molecule has 1 aromatic carbocycles. The summed E-state index contributed by atoms with van der Waals surface area (Å²) in [6.07, 6.45) is 7.50. The van der Waals surface area contributed by atoms with Gasteiger partial charge in [0, 0.05) is 18.8 Å². The standard InChI is InChI=1S/C20H25N3O/c24-19(9-8-16-10-13-21-14-11-16)23-20(17-5-2-1-3-6-17)18-7-4-12-22-15-18/h1-7,12,15-16,20-21H,8-11,13-14H2,(H,23,24). The van der Waals surface area contributed by atoms with Crippen molar-refractivity contribution < 1.29 is 4.79 Å². The third-order valence-corrected chi connectivity index (χ3v) is 4.69. The monoisotopic (exact) mass is 323 g/mol. The normalized spacial score (nSPS) is 16.5. The summed E-state index contributed by atoms with van der Waals surface area (Å²) in [6.45, 7) is 2.16. The van der Waals surface area contributed by atoms with E-state index in [1.165, 1.54) is 12.8 Å². The van der Waals surface area contributed by atoms with Gasteiger partial charge in [-0.2, -0.15) is 0 Å². The van der Waals surface area contributed by atoms with Crippen LogP contribution in [0.3, 0.4) is 0 Å². The lowest BCUT2D eigenvalue weighted by Crippen LogP contribution is -2.31. The number of nitrogens with one attached hydrogen (secondary N) is 2. The van der Waals surface area contributed by atoms with Crippen LogP contribution in [0.1, 0.15) is 42.9 Å². The molecule has 1 atom stereocenters. The summed E-state index contributed by atoms with van der Waals surface area (Å²) in [5.74, 6) is 0.789. The van der Waals surface area contributed by atoms with Gasteiger partial charge >= 0.3 is 0 Å². The number of pyridine rings is 1. The molecule has 4 heteroatoms. The molecule has 1 amide bonds. The molecule has 2 aromatic rings. The number of aromatic nitrogens is 1. The van der Waals surface area contributed by atoms with E-state index in [0.717, 1.165) is 30.6 Å². The van der Waals surface area contributed by atoms with E-state index in [1.807, 2.05) is 48.7 Å². The highest BCUT2D eigenvalue weighted by Gasteiger charge is 2.19. The summed E-state index contributed by atoms with van der Waals surface area (Å²) in [6, 6.07) is 13.9. The van der Waals surface area contributed by atoms with Crippen molar-refractivity contribution in [1.82, 2.24) is 15.6 Å². The van der Waals surface area contributed by atoms with Crippen LogP contribution in [0.25, 0.3) is 0 Å². The van der Waals surface area contributed by atoms with Gasteiger partial charge in [-0.05, 0) is 55.5 Å².